The van der Waals surface area contributed by atoms with Crippen LogP contribution >= 0.6 is 0 Å². The molecule has 0 aliphatic heterocycles. The summed E-state index contributed by atoms with van der Waals surface area (Å²) in [4.78, 5) is 6.41. The molecule has 84 valence electrons. The van der Waals surface area contributed by atoms with Crippen LogP contribution in [0.15, 0.2) is 24.5 Å². The van der Waals surface area contributed by atoms with Gasteiger partial charge in [-0.1, -0.05) is 13.8 Å². The van der Waals surface area contributed by atoms with E-state index < -0.39 is 0 Å². The molecule has 1 heterocycles. The lowest BCUT2D eigenvalue weighted by Gasteiger charge is -2.32. The van der Waals surface area contributed by atoms with Gasteiger partial charge in [0.15, 0.2) is 0 Å². The second-order valence-electron chi connectivity index (χ2n) is 3.81. The summed E-state index contributed by atoms with van der Waals surface area (Å²) in [5.41, 5.74) is 7.31. The summed E-state index contributed by atoms with van der Waals surface area (Å²) in [7, 11) is 0. The van der Waals surface area contributed by atoms with Crippen LogP contribution in [0, 0.1) is 0 Å². The number of hydrogen-bond acceptors (Lipinski definition) is 3. The van der Waals surface area contributed by atoms with Gasteiger partial charge < -0.3 is 5.73 Å². The van der Waals surface area contributed by atoms with Crippen molar-refractivity contribution in [1.82, 2.24) is 9.88 Å². The smallest absolute Gasteiger partial charge is 0.0497 e. The maximum absolute atomic E-state index is 6.06. The second kappa shape index (κ2) is 5.83. The zero-order chi connectivity index (χ0) is 11.3. The van der Waals surface area contributed by atoms with Crippen molar-refractivity contribution >= 4 is 0 Å². The van der Waals surface area contributed by atoms with E-state index in [1.54, 1.807) is 0 Å². The molecule has 0 saturated carbocycles. The third kappa shape index (κ3) is 3.01. The zero-order valence-electron chi connectivity index (χ0n) is 9.85. The molecule has 0 aromatic carbocycles. The molecule has 1 aromatic heterocycles. The summed E-state index contributed by atoms with van der Waals surface area (Å²) in [5, 5.41) is 0. The van der Waals surface area contributed by atoms with Crippen molar-refractivity contribution in [2.45, 2.75) is 32.9 Å². The van der Waals surface area contributed by atoms with Crippen LogP contribution in [-0.2, 0) is 0 Å². The molecule has 15 heavy (non-hydrogen) atoms. The van der Waals surface area contributed by atoms with E-state index in [2.05, 4.69) is 30.7 Å². The average Bonchev–Trinajstić information content (AvgIpc) is 2.26. The van der Waals surface area contributed by atoms with Crippen LogP contribution < -0.4 is 5.73 Å². The molecule has 3 heteroatoms. The molecule has 0 bridgehead atoms. The molecule has 2 atom stereocenters. The third-order valence-corrected chi connectivity index (χ3v) is 2.75. The summed E-state index contributed by atoms with van der Waals surface area (Å²) in [6, 6.07) is 4.52. The number of pyridine rings is 1. The number of rotatable bonds is 5. The second-order valence-corrected chi connectivity index (χ2v) is 3.81. The van der Waals surface area contributed by atoms with Crippen molar-refractivity contribution in [2.75, 3.05) is 13.1 Å². The van der Waals surface area contributed by atoms with Crippen molar-refractivity contribution in [1.29, 1.82) is 0 Å². The van der Waals surface area contributed by atoms with Gasteiger partial charge in [-0.25, -0.2) is 0 Å². The van der Waals surface area contributed by atoms with Crippen LogP contribution in [0.1, 0.15) is 32.4 Å². The summed E-state index contributed by atoms with van der Waals surface area (Å²) in [6.45, 7) is 8.43. The number of hydrogen-bond donors (Lipinski definition) is 1. The summed E-state index contributed by atoms with van der Waals surface area (Å²) in [5.74, 6) is 0. The minimum absolute atomic E-state index is 0.132. The molecule has 0 saturated heterocycles. The molecule has 0 spiro atoms. The lowest BCUT2D eigenvalue weighted by Crippen LogP contribution is -2.39. The lowest BCUT2D eigenvalue weighted by molar-refractivity contribution is 0.195. The highest BCUT2D eigenvalue weighted by Gasteiger charge is 2.21. The number of likely N-dealkylation sites (N-methyl/N-ethyl adjacent to an activating group) is 1. The molecule has 0 radical (unpaired) electrons. The van der Waals surface area contributed by atoms with Crippen LogP contribution in [0.4, 0.5) is 0 Å². The zero-order valence-corrected chi connectivity index (χ0v) is 9.85. The number of nitrogens with two attached hydrogens (primary N) is 1. The van der Waals surface area contributed by atoms with Crippen LogP contribution in [0.2, 0.25) is 0 Å². The molecule has 3 nitrogen and oxygen atoms in total. The van der Waals surface area contributed by atoms with Crippen molar-refractivity contribution in [3.05, 3.63) is 30.1 Å². The Labute approximate surface area is 92.3 Å². The Kier molecular flexibility index (Phi) is 4.72. The predicted octanol–water partition coefficient (Wildman–Crippen LogP) is 1.81. The standard InChI is InChI=1S/C12H21N3/c1-4-15(5-2)12(10(3)13)11-6-8-14-9-7-11/h6-10,12H,4-5,13H2,1-3H3. The van der Waals surface area contributed by atoms with E-state index in [-0.39, 0.29) is 6.04 Å². The van der Waals surface area contributed by atoms with E-state index in [1.807, 2.05) is 24.5 Å². The van der Waals surface area contributed by atoms with Gasteiger partial charge in [0.2, 0.25) is 0 Å². The highest BCUT2D eigenvalue weighted by molar-refractivity contribution is 5.17. The van der Waals surface area contributed by atoms with E-state index >= 15 is 0 Å². The highest BCUT2D eigenvalue weighted by Crippen LogP contribution is 2.22. The van der Waals surface area contributed by atoms with Gasteiger partial charge in [-0.2, -0.15) is 0 Å². The highest BCUT2D eigenvalue weighted by atomic mass is 15.2. The first-order chi connectivity index (χ1) is 7.20. The van der Waals surface area contributed by atoms with E-state index in [0.717, 1.165) is 13.1 Å². The van der Waals surface area contributed by atoms with Crippen molar-refractivity contribution in [3.63, 3.8) is 0 Å². The quantitative estimate of drug-likeness (QED) is 0.800. The molecular weight excluding hydrogens is 186 g/mol. The van der Waals surface area contributed by atoms with E-state index in [1.165, 1.54) is 5.56 Å². The summed E-state index contributed by atoms with van der Waals surface area (Å²) in [6.07, 6.45) is 3.66. The number of aromatic nitrogens is 1. The van der Waals surface area contributed by atoms with Crippen molar-refractivity contribution in [2.24, 2.45) is 5.73 Å². The molecule has 0 amide bonds. The maximum Gasteiger partial charge on any atom is 0.0497 e. The Morgan fingerprint density at radius 2 is 1.80 bits per heavy atom. The van der Waals surface area contributed by atoms with Gasteiger partial charge in [0, 0.05) is 24.5 Å². The van der Waals surface area contributed by atoms with Crippen molar-refractivity contribution in [3.8, 4) is 0 Å². The van der Waals surface area contributed by atoms with Gasteiger partial charge in [-0.05, 0) is 37.7 Å². The Bertz CT molecular complexity index is 267. The fraction of sp³-hybridized carbons (Fsp3) is 0.583. The summed E-state index contributed by atoms with van der Waals surface area (Å²) >= 11 is 0. The first-order valence-corrected chi connectivity index (χ1v) is 5.60. The Morgan fingerprint density at radius 1 is 1.27 bits per heavy atom. The maximum atomic E-state index is 6.06. The molecule has 0 aliphatic rings. The molecule has 2 N–H and O–H groups in total. The molecular formula is C12H21N3. The Hall–Kier alpha value is -0.930. The molecule has 0 fully saturated rings. The van der Waals surface area contributed by atoms with Crippen LogP contribution in [0.3, 0.4) is 0 Å². The fourth-order valence-corrected chi connectivity index (χ4v) is 2.02. The molecule has 1 aromatic rings. The SMILES string of the molecule is CCN(CC)C(c1ccncc1)C(C)N. The fourth-order valence-electron chi connectivity index (χ4n) is 2.02. The van der Waals surface area contributed by atoms with E-state index in [4.69, 9.17) is 5.73 Å². The Balaban J connectivity index is 2.92. The van der Waals surface area contributed by atoms with E-state index in [9.17, 15) is 0 Å². The van der Waals surface area contributed by atoms with Gasteiger partial charge in [-0.3, -0.25) is 9.88 Å². The van der Waals surface area contributed by atoms with Gasteiger partial charge in [0.25, 0.3) is 0 Å². The van der Waals surface area contributed by atoms with Crippen molar-refractivity contribution < 1.29 is 0 Å². The Morgan fingerprint density at radius 3 is 2.20 bits per heavy atom. The van der Waals surface area contributed by atoms with Crippen LogP contribution in [-0.4, -0.2) is 29.0 Å². The minimum atomic E-state index is 0.132. The number of nitrogens with zero attached hydrogens (tertiary/aromatic N) is 2. The largest absolute Gasteiger partial charge is 0.326 e. The van der Waals surface area contributed by atoms with E-state index in [0.29, 0.717) is 6.04 Å². The lowest BCUT2D eigenvalue weighted by atomic mass is 10.0. The third-order valence-electron chi connectivity index (χ3n) is 2.75. The van der Waals surface area contributed by atoms with Gasteiger partial charge >= 0.3 is 0 Å². The van der Waals surface area contributed by atoms with Crippen LogP contribution in [0.25, 0.3) is 0 Å². The van der Waals surface area contributed by atoms with Gasteiger partial charge in [0.1, 0.15) is 0 Å². The average molecular weight is 207 g/mol. The van der Waals surface area contributed by atoms with Gasteiger partial charge in [-0.15, -0.1) is 0 Å². The molecule has 0 aliphatic carbocycles. The topological polar surface area (TPSA) is 42.2 Å². The molecule has 2 unspecified atom stereocenters. The molecule has 1 rings (SSSR count). The predicted molar refractivity (Wildman–Crippen MR) is 63.5 cm³/mol. The first-order valence-electron chi connectivity index (χ1n) is 5.60. The monoisotopic (exact) mass is 207 g/mol. The normalized spacial score (nSPS) is 15.3. The summed E-state index contributed by atoms with van der Waals surface area (Å²) < 4.78 is 0. The minimum Gasteiger partial charge on any atom is -0.326 e. The van der Waals surface area contributed by atoms with Gasteiger partial charge in [0.05, 0.1) is 0 Å². The first kappa shape index (κ1) is 12.1. The van der Waals surface area contributed by atoms with Crippen LogP contribution in [0.5, 0.6) is 0 Å².